The van der Waals surface area contributed by atoms with Gasteiger partial charge in [0.2, 0.25) is 0 Å². The first-order chi connectivity index (χ1) is 8.90. The number of nitrogens with two attached hydrogens (primary N) is 1. The SMILES string of the molecule is NC1CCCC1CCS(=O)(=O)c1cc(Cl)ccc1Cl. The molecule has 106 valence electrons. The van der Waals surface area contributed by atoms with Crippen molar-refractivity contribution in [2.24, 2.45) is 11.7 Å². The molecule has 0 spiro atoms. The van der Waals surface area contributed by atoms with Crippen molar-refractivity contribution in [1.82, 2.24) is 0 Å². The minimum atomic E-state index is -3.40. The molecule has 0 radical (unpaired) electrons. The maximum atomic E-state index is 12.3. The molecular weight excluding hydrogens is 305 g/mol. The second-order valence-corrected chi connectivity index (χ2v) is 7.96. The number of benzene rings is 1. The molecule has 0 aromatic heterocycles. The summed E-state index contributed by atoms with van der Waals surface area (Å²) in [6.45, 7) is 0. The predicted octanol–water partition coefficient (Wildman–Crippen LogP) is 3.28. The molecule has 0 aliphatic heterocycles. The van der Waals surface area contributed by atoms with E-state index in [4.69, 9.17) is 28.9 Å². The summed E-state index contributed by atoms with van der Waals surface area (Å²) in [4.78, 5) is 0.119. The van der Waals surface area contributed by atoms with Crippen LogP contribution in [0.4, 0.5) is 0 Å². The molecule has 1 aromatic rings. The molecule has 2 atom stereocenters. The smallest absolute Gasteiger partial charge is 0.179 e. The summed E-state index contributed by atoms with van der Waals surface area (Å²) in [7, 11) is -3.40. The second kappa shape index (κ2) is 6.00. The van der Waals surface area contributed by atoms with Crippen LogP contribution >= 0.6 is 23.2 Å². The van der Waals surface area contributed by atoms with Gasteiger partial charge in [-0.25, -0.2) is 8.42 Å². The molecule has 0 saturated heterocycles. The fourth-order valence-electron chi connectivity index (χ4n) is 2.56. The summed E-state index contributed by atoms with van der Waals surface area (Å²) >= 11 is 11.8. The summed E-state index contributed by atoms with van der Waals surface area (Å²) < 4.78 is 24.6. The Morgan fingerprint density at radius 2 is 2.00 bits per heavy atom. The van der Waals surface area contributed by atoms with Crippen molar-refractivity contribution >= 4 is 33.0 Å². The van der Waals surface area contributed by atoms with Crippen molar-refractivity contribution in [3.63, 3.8) is 0 Å². The van der Waals surface area contributed by atoms with Gasteiger partial charge in [-0.1, -0.05) is 29.6 Å². The molecule has 1 fully saturated rings. The highest BCUT2D eigenvalue weighted by Gasteiger charge is 2.27. The van der Waals surface area contributed by atoms with Crippen molar-refractivity contribution in [3.8, 4) is 0 Å². The first-order valence-corrected chi connectivity index (χ1v) is 8.74. The van der Waals surface area contributed by atoms with Crippen molar-refractivity contribution in [1.29, 1.82) is 0 Å². The molecular formula is C13H17Cl2NO2S. The average molecular weight is 322 g/mol. The van der Waals surface area contributed by atoms with Gasteiger partial charge < -0.3 is 5.73 Å². The van der Waals surface area contributed by atoms with Crippen molar-refractivity contribution in [2.45, 2.75) is 36.6 Å². The highest BCUT2D eigenvalue weighted by atomic mass is 35.5. The summed E-state index contributed by atoms with van der Waals surface area (Å²) in [6, 6.07) is 4.63. The Labute approximate surface area is 124 Å². The van der Waals surface area contributed by atoms with E-state index < -0.39 is 9.84 Å². The summed E-state index contributed by atoms with van der Waals surface area (Å²) in [6.07, 6.45) is 3.68. The van der Waals surface area contributed by atoms with Crippen LogP contribution in [0, 0.1) is 5.92 Å². The normalized spacial score (nSPS) is 23.7. The molecule has 1 aliphatic rings. The van der Waals surface area contributed by atoms with Crippen molar-refractivity contribution < 1.29 is 8.42 Å². The van der Waals surface area contributed by atoms with Crippen LogP contribution in [0.5, 0.6) is 0 Å². The predicted molar refractivity (Wildman–Crippen MR) is 78.4 cm³/mol. The van der Waals surface area contributed by atoms with Gasteiger partial charge in [-0.2, -0.15) is 0 Å². The average Bonchev–Trinajstić information content (AvgIpc) is 2.75. The molecule has 2 N–H and O–H groups in total. The van der Waals surface area contributed by atoms with E-state index >= 15 is 0 Å². The van der Waals surface area contributed by atoms with Crippen LogP contribution in [0.2, 0.25) is 10.0 Å². The number of rotatable bonds is 4. The Balaban J connectivity index is 2.12. The molecule has 2 unspecified atom stereocenters. The molecule has 0 amide bonds. The Hall–Kier alpha value is -0.290. The lowest BCUT2D eigenvalue weighted by Gasteiger charge is -2.15. The highest BCUT2D eigenvalue weighted by molar-refractivity contribution is 7.91. The van der Waals surface area contributed by atoms with E-state index in [2.05, 4.69) is 0 Å². The molecule has 2 rings (SSSR count). The minimum Gasteiger partial charge on any atom is -0.327 e. The van der Waals surface area contributed by atoms with E-state index in [1.165, 1.54) is 12.1 Å². The fraction of sp³-hybridized carbons (Fsp3) is 0.538. The quantitative estimate of drug-likeness (QED) is 0.925. The van der Waals surface area contributed by atoms with E-state index in [-0.39, 0.29) is 21.7 Å². The third kappa shape index (κ3) is 3.63. The first kappa shape index (κ1) is 15.1. The summed E-state index contributed by atoms with van der Waals surface area (Å²) in [5.74, 6) is 0.374. The molecule has 6 heteroatoms. The zero-order valence-corrected chi connectivity index (χ0v) is 12.8. The van der Waals surface area contributed by atoms with Crippen molar-refractivity contribution in [3.05, 3.63) is 28.2 Å². The molecule has 19 heavy (non-hydrogen) atoms. The van der Waals surface area contributed by atoms with Gasteiger partial charge in [0, 0.05) is 11.1 Å². The lowest BCUT2D eigenvalue weighted by Crippen LogP contribution is -2.26. The topological polar surface area (TPSA) is 60.2 Å². The molecule has 1 saturated carbocycles. The van der Waals surface area contributed by atoms with Gasteiger partial charge in [0.1, 0.15) is 0 Å². The molecule has 3 nitrogen and oxygen atoms in total. The number of sulfone groups is 1. The van der Waals surface area contributed by atoms with Gasteiger partial charge in [-0.3, -0.25) is 0 Å². The van der Waals surface area contributed by atoms with Crippen LogP contribution in [0.3, 0.4) is 0 Å². The lowest BCUT2D eigenvalue weighted by atomic mass is 10.0. The molecule has 1 aliphatic carbocycles. The van der Waals surface area contributed by atoms with Gasteiger partial charge >= 0.3 is 0 Å². The Bertz CT molecular complexity index is 560. The van der Waals surface area contributed by atoms with E-state index in [1.54, 1.807) is 6.07 Å². The maximum Gasteiger partial charge on any atom is 0.179 e. The zero-order chi connectivity index (χ0) is 14.0. The van der Waals surface area contributed by atoms with E-state index in [0.29, 0.717) is 17.4 Å². The lowest BCUT2D eigenvalue weighted by molar-refractivity contribution is 0.464. The Morgan fingerprint density at radius 3 is 2.63 bits per heavy atom. The van der Waals surface area contributed by atoms with E-state index in [0.717, 1.165) is 19.3 Å². The van der Waals surface area contributed by atoms with Crippen molar-refractivity contribution in [2.75, 3.05) is 5.75 Å². The Kier molecular flexibility index (Phi) is 4.77. The van der Waals surface area contributed by atoms with Crippen LogP contribution in [0.1, 0.15) is 25.7 Å². The van der Waals surface area contributed by atoms with E-state index in [9.17, 15) is 8.42 Å². The van der Waals surface area contributed by atoms with Gasteiger partial charge in [0.25, 0.3) is 0 Å². The number of halogens is 2. The molecule has 1 aromatic carbocycles. The van der Waals surface area contributed by atoms with Crippen LogP contribution < -0.4 is 5.73 Å². The third-order valence-corrected chi connectivity index (χ3v) is 6.16. The molecule has 0 heterocycles. The standard InChI is InChI=1S/C13H17Cl2NO2S/c14-10-4-5-11(15)13(8-10)19(17,18)7-6-9-2-1-3-12(9)16/h4-5,8-9,12H,1-3,6-7,16H2. The van der Waals surface area contributed by atoms with Gasteiger partial charge in [0.05, 0.1) is 15.7 Å². The Morgan fingerprint density at radius 1 is 1.26 bits per heavy atom. The minimum absolute atomic E-state index is 0.0748. The number of hydrogen-bond acceptors (Lipinski definition) is 3. The zero-order valence-electron chi connectivity index (χ0n) is 10.5. The summed E-state index contributed by atoms with van der Waals surface area (Å²) in [5.41, 5.74) is 5.96. The monoisotopic (exact) mass is 321 g/mol. The van der Waals surface area contributed by atoms with Crippen LogP contribution in [0.25, 0.3) is 0 Å². The van der Waals surface area contributed by atoms with Gasteiger partial charge in [-0.05, 0) is 43.4 Å². The largest absolute Gasteiger partial charge is 0.327 e. The second-order valence-electron chi connectivity index (χ2n) is 5.04. The van der Waals surface area contributed by atoms with Gasteiger partial charge in [0.15, 0.2) is 9.84 Å². The van der Waals surface area contributed by atoms with Gasteiger partial charge in [-0.15, -0.1) is 0 Å². The van der Waals surface area contributed by atoms with Crippen LogP contribution in [-0.2, 0) is 9.84 Å². The maximum absolute atomic E-state index is 12.3. The fourth-order valence-corrected chi connectivity index (χ4v) is 4.77. The third-order valence-electron chi connectivity index (χ3n) is 3.70. The first-order valence-electron chi connectivity index (χ1n) is 6.33. The van der Waals surface area contributed by atoms with Crippen LogP contribution in [-0.4, -0.2) is 20.2 Å². The molecule has 0 bridgehead atoms. The summed E-state index contributed by atoms with van der Waals surface area (Å²) in [5, 5.41) is 0.598. The highest BCUT2D eigenvalue weighted by Crippen LogP contribution is 2.30. The van der Waals surface area contributed by atoms with Crippen LogP contribution in [0.15, 0.2) is 23.1 Å². The number of hydrogen-bond donors (Lipinski definition) is 1. The van der Waals surface area contributed by atoms with E-state index in [1.807, 2.05) is 0 Å².